The summed E-state index contributed by atoms with van der Waals surface area (Å²) in [7, 11) is 0.967. The molecule has 0 amide bonds. The number of hydrogen-bond acceptors (Lipinski definition) is 3. The Balaban J connectivity index is 2.31. The highest BCUT2D eigenvalue weighted by atomic mass is 35.5. The molecule has 2 heterocycles. The Bertz CT molecular complexity index is 1130. The average Bonchev–Trinajstić information content (AvgIpc) is 2.87. The van der Waals surface area contributed by atoms with E-state index < -0.39 is 23.1 Å². The van der Waals surface area contributed by atoms with Crippen LogP contribution in [-0.2, 0) is 13.2 Å². The Kier molecular flexibility index (Phi) is 4.22. The molecule has 0 atom stereocenters. The third kappa shape index (κ3) is 2.82. The average molecular weight is 387 g/mol. The number of nitrogens with zero attached hydrogens (tertiary/aromatic N) is 4. The van der Waals surface area contributed by atoms with Gasteiger partial charge in [-0.15, -0.1) is 0 Å². The van der Waals surface area contributed by atoms with E-state index in [1.54, 1.807) is 10.7 Å². The zero-order valence-corrected chi connectivity index (χ0v) is 14.8. The van der Waals surface area contributed by atoms with Crippen molar-refractivity contribution < 1.29 is 13.2 Å². The SMILES string of the molecule is CC(C)n1nc(Cl)c2ccc(-n3c(=O)cc(C(F)(F)F)n(C)c3=O)cc21. The molecule has 2 aromatic heterocycles. The zero-order chi connectivity index (χ0) is 19.4. The molecule has 0 aliphatic carbocycles. The molecule has 1 aromatic carbocycles. The van der Waals surface area contributed by atoms with E-state index in [0.717, 1.165) is 7.05 Å². The highest BCUT2D eigenvalue weighted by Crippen LogP contribution is 2.28. The van der Waals surface area contributed by atoms with Crippen LogP contribution in [-0.4, -0.2) is 18.9 Å². The smallest absolute Gasteiger partial charge is 0.292 e. The van der Waals surface area contributed by atoms with Gasteiger partial charge in [0.05, 0.1) is 11.2 Å². The Hall–Kier alpha value is -2.55. The second kappa shape index (κ2) is 6.01. The zero-order valence-electron chi connectivity index (χ0n) is 14.0. The predicted molar refractivity (Wildman–Crippen MR) is 91.0 cm³/mol. The van der Waals surface area contributed by atoms with Gasteiger partial charge in [-0.3, -0.25) is 14.0 Å². The van der Waals surface area contributed by atoms with Crippen LogP contribution in [0.15, 0.2) is 33.9 Å². The van der Waals surface area contributed by atoms with Gasteiger partial charge in [0.25, 0.3) is 5.56 Å². The summed E-state index contributed by atoms with van der Waals surface area (Å²) in [5, 5.41) is 5.06. The topological polar surface area (TPSA) is 61.8 Å². The van der Waals surface area contributed by atoms with Gasteiger partial charge < -0.3 is 0 Å². The van der Waals surface area contributed by atoms with Crippen LogP contribution in [0.1, 0.15) is 25.6 Å². The van der Waals surface area contributed by atoms with Gasteiger partial charge in [-0.1, -0.05) is 11.6 Å². The first-order valence-corrected chi connectivity index (χ1v) is 7.98. The molecule has 10 heteroatoms. The van der Waals surface area contributed by atoms with E-state index in [1.807, 2.05) is 13.8 Å². The Labute approximate surface area is 150 Å². The molecule has 6 nitrogen and oxygen atoms in total. The van der Waals surface area contributed by atoms with Crippen molar-refractivity contribution in [2.45, 2.75) is 26.1 Å². The molecule has 0 aliphatic heterocycles. The summed E-state index contributed by atoms with van der Waals surface area (Å²) < 4.78 is 41.6. The van der Waals surface area contributed by atoms with E-state index in [-0.39, 0.29) is 16.9 Å². The minimum atomic E-state index is -4.81. The molecule has 0 spiro atoms. The summed E-state index contributed by atoms with van der Waals surface area (Å²) in [5.41, 5.74) is -2.76. The first kappa shape index (κ1) is 18.2. The maximum Gasteiger partial charge on any atom is 0.431 e. The molecule has 0 bridgehead atoms. The van der Waals surface area contributed by atoms with E-state index in [1.165, 1.54) is 12.1 Å². The Morgan fingerprint density at radius 3 is 2.38 bits per heavy atom. The number of halogens is 4. The molecule has 0 unspecified atom stereocenters. The maximum atomic E-state index is 13.0. The third-order valence-electron chi connectivity index (χ3n) is 4.00. The lowest BCUT2D eigenvalue weighted by Crippen LogP contribution is -2.40. The van der Waals surface area contributed by atoms with Gasteiger partial charge in [0.1, 0.15) is 5.69 Å². The molecule has 0 saturated heterocycles. The minimum absolute atomic E-state index is 0.0487. The van der Waals surface area contributed by atoms with Gasteiger partial charge in [0.2, 0.25) is 0 Å². The molecule has 0 radical (unpaired) electrons. The van der Waals surface area contributed by atoms with Gasteiger partial charge >= 0.3 is 11.9 Å². The molecule has 26 heavy (non-hydrogen) atoms. The van der Waals surface area contributed by atoms with E-state index in [0.29, 0.717) is 26.1 Å². The van der Waals surface area contributed by atoms with Crippen molar-refractivity contribution in [2.24, 2.45) is 7.05 Å². The van der Waals surface area contributed by atoms with Crippen molar-refractivity contribution in [3.05, 3.63) is 56.0 Å². The first-order chi connectivity index (χ1) is 12.0. The molecule has 0 N–H and O–H groups in total. The van der Waals surface area contributed by atoms with Crippen molar-refractivity contribution in [3.63, 3.8) is 0 Å². The number of fused-ring (bicyclic) bond motifs is 1. The fourth-order valence-corrected chi connectivity index (χ4v) is 3.00. The number of aromatic nitrogens is 4. The number of hydrogen-bond donors (Lipinski definition) is 0. The summed E-state index contributed by atoms with van der Waals surface area (Å²) in [6.45, 7) is 3.75. The van der Waals surface area contributed by atoms with Crippen LogP contribution in [0.3, 0.4) is 0 Å². The van der Waals surface area contributed by atoms with Crippen LogP contribution in [0.2, 0.25) is 5.15 Å². The standard InChI is InChI=1S/C16H14ClF3N4O2/c1-8(2)24-11-6-9(4-5-10(11)14(17)21-24)23-13(25)7-12(16(18,19)20)22(3)15(23)26/h4-8H,1-3H3. The van der Waals surface area contributed by atoms with Crippen molar-refractivity contribution in [1.29, 1.82) is 0 Å². The van der Waals surface area contributed by atoms with E-state index in [2.05, 4.69) is 5.10 Å². The van der Waals surface area contributed by atoms with E-state index in [9.17, 15) is 22.8 Å². The van der Waals surface area contributed by atoms with E-state index >= 15 is 0 Å². The van der Waals surface area contributed by atoms with Gasteiger partial charge in [-0.2, -0.15) is 18.3 Å². The van der Waals surface area contributed by atoms with Crippen molar-refractivity contribution in [1.82, 2.24) is 18.9 Å². The van der Waals surface area contributed by atoms with Crippen LogP contribution < -0.4 is 11.2 Å². The number of rotatable bonds is 2. The summed E-state index contributed by atoms with van der Waals surface area (Å²) >= 11 is 6.09. The quantitative estimate of drug-likeness (QED) is 0.679. The molecule has 0 saturated carbocycles. The monoisotopic (exact) mass is 386 g/mol. The van der Waals surface area contributed by atoms with Crippen LogP contribution in [0, 0.1) is 0 Å². The van der Waals surface area contributed by atoms with Crippen molar-refractivity contribution in [3.8, 4) is 5.69 Å². The van der Waals surface area contributed by atoms with Crippen LogP contribution in [0.25, 0.3) is 16.6 Å². The molecule has 138 valence electrons. The van der Waals surface area contributed by atoms with Crippen LogP contribution >= 0.6 is 11.6 Å². The fraction of sp³-hybridized carbons (Fsp3) is 0.312. The highest BCUT2D eigenvalue weighted by Gasteiger charge is 2.35. The van der Waals surface area contributed by atoms with Crippen molar-refractivity contribution in [2.75, 3.05) is 0 Å². The minimum Gasteiger partial charge on any atom is -0.292 e. The normalized spacial score (nSPS) is 12.3. The molecular formula is C16H14ClF3N4O2. The molecule has 3 aromatic rings. The van der Waals surface area contributed by atoms with Gasteiger partial charge in [0.15, 0.2) is 5.15 Å². The van der Waals surface area contributed by atoms with Crippen LogP contribution in [0.4, 0.5) is 13.2 Å². The molecule has 3 rings (SSSR count). The Morgan fingerprint density at radius 2 is 1.81 bits per heavy atom. The predicted octanol–water partition coefficient (Wildman–Crippen LogP) is 3.14. The third-order valence-corrected chi connectivity index (χ3v) is 4.28. The second-order valence-corrected chi connectivity index (χ2v) is 6.43. The lowest BCUT2D eigenvalue weighted by Gasteiger charge is -2.14. The molecule has 0 aliphatic rings. The second-order valence-electron chi connectivity index (χ2n) is 6.07. The summed E-state index contributed by atoms with van der Waals surface area (Å²) in [5.74, 6) is 0. The summed E-state index contributed by atoms with van der Waals surface area (Å²) in [6.07, 6.45) is -4.81. The molecular weight excluding hydrogens is 373 g/mol. The van der Waals surface area contributed by atoms with Gasteiger partial charge in [-0.25, -0.2) is 9.36 Å². The highest BCUT2D eigenvalue weighted by molar-refractivity contribution is 6.34. The molecule has 0 fully saturated rings. The number of alkyl halides is 3. The largest absolute Gasteiger partial charge is 0.431 e. The van der Waals surface area contributed by atoms with Crippen molar-refractivity contribution >= 4 is 22.5 Å². The number of benzene rings is 1. The Morgan fingerprint density at radius 1 is 1.15 bits per heavy atom. The lowest BCUT2D eigenvalue weighted by molar-refractivity contribution is -0.144. The van der Waals surface area contributed by atoms with Gasteiger partial charge in [0, 0.05) is 24.5 Å². The fourth-order valence-electron chi connectivity index (χ4n) is 2.75. The lowest BCUT2D eigenvalue weighted by atomic mass is 10.2. The van der Waals surface area contributed by atoms with E-state index in [4.69, 9.17) is 11.6 Å². The first-order valence-electron chi connectivity index (χ1n) is 7.60. The summed E-state index contributed by atoms with van der Waals surface area (Å²) in [4.78, 5) is 24.6. The van der Waals surface area contributed by atoms with Crippen LogP contribution in [0.5, 0.6) is 0 Å². The summed E-state index contributed by atoms with van der Waals surface area (Å²) in [6, 6.07) is 4.87. The van der Waals surface area contributed by atoms with Gasteiger partial charge in [-0.05, 0) is 32.0 Å². The maximum absolute atomic E-state index is 13.0.